The fourth-order valence-electron chi connectivity index (χ4n) is 3.07. The van der Waals surface area contributed by atoms with Crippen LogP contribution in [0.2, 0.25) is 0 Å². The monoisotopic (exact) mass is 372 g/mol. The van der Waals surface area contributed by atoms with Crippen molar-refractivity contribution < 1.29 is 19.1 Å². The molecular weight excluding hydrogens is 348 g/mol. The molecule has 0 saturated carbocycles. The highest BCUT2D eigenvalue weighted by Crippen LogP contribution is 2.20. The van der Waals surface area contributed by atoms with Gasteiger partial charge in [-0.15, -0.1) is 0 Å². The molecule has 1 heterocycles. The van der Waals surface area contributed by atoms with Gasteiger partial charge in [0.25, 0.3) is 0 Å². The minimum Gasteiger partial charge on any atom is -0.445 e. The van der Waals surface area contributed by atoms with Gasteiger partial charge in [0, 0.05) is 13.0 Å². The fraction of sp³-hybridized carbons (Fsp3) is 0.474. The number of rotatable bonds is 7. The lowest BCUT2D eigenvalue weighted by atomic mass is 9.98. The molecule has 1 aliphatic heterocycles. The van der Waals surface area contributed by atoms with Crippen molar-refractivity contribution >= 4 is 17.9 Å². The van der Waals surface area contributed by atoms with Crippen molar-refractivity contribution in [2.45, 2.75) is 44.9 Å². The van der Waals surface area contributed by atoms with Gasteiger partial charge in [-0.25, -0.2) is 4.79 Å². The zero-order chi connectivity index (χ0) is 19.8. The number of hydrogen-bond donors (Lipinski definition) is 2. The number of carbonyl (C=O) groups excluding carboxylic acids is 3. The number of nitriles is 1. The summed E-state index contributed by atoms with van der Waals surface area (Å²) in [5, 5.41) is 11.4. The predicted molar refractivity (Wildman–Crippen MR) is 96.9 cm³/mol. The van der Waals surface area contributed by atoms with E-state index in [9.17, 15) is 14.4 Å². The van der Waals surface area contributed by atoms with E-state index in [4.69, 9.17) is 15.7 Å². The Balaban J connectivity index is 1.97. The van der Waals surface area contributed by atoms with E-state index in [2.05, 4.69) is 5.32 Å². The molecule has 1 saturated heterocycles. The first-order chi connectivity index (χ1) is 12.9. The van der Waals surface area contributed by atoms with E-state index in [0.29, 0.717) is 19.4 Å². The molecule has 1 aromatic carbocycles. The molecule has 27 heavy (non-hydrogen) atoms. The van der Waals surface area contributed by atoms with Crippen molar-refractivity contribution in [1.82, 2.24) is 10.2 Å². The summed E-state index contributed by atoms with van der Waals surface area (Å²) in [5.41, 5.74) is 6.21. The van der Waals surface area contributed by atoms with Crippen molar-refractivity contribution in [3.05, 3.63) is 35.9 Å². The number of benzene rings is 1. The first kappa shape index (κ1) is 20.2. The summed E-state index contributed by atoms with van der Waals surface area (Å²) in [6, 6.07) is 9.54. The summed E-state index contributed by atoms with van der Waals surface area (Å²) < 4.78 is 5.30. The second kappa shape index (κ2) is 9.57. The molecular formula is C19H24N4O4. The normalized spacial score (nSPS) is 18.2. The summed E-state index contributed by atoms with van der Waals surface area (Å²) in [6.45, 7) is 2.19. The SMILES string of the molecule is C[C@@H](CC#N)[C@H](NC(=O)[C@H]1CCCN1C(=O)OCc1ccccc1)C(N)=O. The largest absolute Gasteiger partial charge is 0.445 e. The van der Waals surface area contributed by atoms with Crippen LogP contribution in [0.25, 0.3) is 0 Å². The minimum absolute atomic E-state index is 0.0847. The Bertz CT molecular complexity index is 716. The molecule has 2 rings (SSSR count). The lowest BCUT2D eigenvalue weighted by molar-refractivity contribution is -0.130. The lowest BCUT2D eigenvalue weighted by Crippen LogP contribution is -2.54. The van der Waals surface area contributed by atoms with Crippen LogP contribution in [0.4, 0.5) is 4.79 Å². The number of hydrogen-bond acceptors (Lipinski definition) is 5. The lowest BCUT2D eigenvalue weighted by Gasteiger charge is -2.26. The third-order valence-corrected chi connectivity index (χ3v) is 4.58. The summed E-state index contributed by atoms with van der Waals surface area (Å²) >= 11 is 0. The highest BCUT2D eigenvalue weighted by atomic mass is 16.6. The van der Waals surface area contributed by atoms with E-state index >= 15 is 0 Å². The van der Waals surface area contributed by atoms with E-state index in [1.807, 2.05) is 36.4 Å². The van der Waals surface area contributed by atoms with Crippen LogP contribution in [0, 0.1) is 17.2 Å². The maximum atomic E-state index is 12.6. The topological polar surface area (TPSA) is 126 Å². The Kier molecular flexibility index (Phi) is 7.17. The van der Waals surface area contributed by atoms with Gasteiger partial charge in [0.15, 0.2) is 0 Å². The third kappa shape index (κ3) is 5.45. The molecule has 0 aliphatic carbocycles. The average Bonchev–Trinajstić information content (AvgIpc) is 3.14. The second-order valence-corrected chi connectivity index (χ2v) is 6.62. The molecule has 8 heteroatoms. The Morgan fingerprint density at radius 3 is 2.70 bits per heavy atom. The van der Waals surface area contributed by atoms with Crippen LogP contribution in [-0.4, -0.2) is 41.4 Å². The van der Waals surface area contributed by atoms with E-state index < -0.39 is 35.9 Å². The Morgan fingerprint density at radius 1 is 1.37 bits per heavy atom. The molecule has 0 spiro atoms. The molecule has 0 radical (unpaired) electrons. The molecule has 0 aromatic heterocycles. The third-order valence-electron chi connectivity index (χ3n) is 4.58. The van der Waals surface area contributed by atoms with Gasteiger partial charge in [0.1, 0.15) is 18.7 Å². The number of ether oxygens (including phenoxy) is 1. The molecule has 3 N–H and O–H groups in total. The van der Waals surface area contributed by atoms with Crippen LogP contribution in [0.3, 0.4) is 0 Å². The van der Waals surface area contributed by atoms with Gasteiger partial charge in [0.2, 0.25) is 11.8 Å². The van der Waals surface area contributed by atoms with Crippen molar-refractivity contribution in [3.8, 4) is 6.07 Å². The number of amides is 3. The van der Waals surface area contributed by atoms with Gasteiger partial charge in [-0.1, -0.05) is 37.3 Å². The zero-order valence-corrected chi connectivity index (χ0v) is 15.3. The Labute approximate surface area is 158 Å². The highest BCUT2D eigenvalue weighted by Gasteiger charge is 2.37. The number of carbonyl (C=O) groups is 3. The van der Waals surface area contributed by atoms with Crippen molar-refractivity contribution in [3.63, 3.8) is 0 Å². The number of nitrogens with one attached hydrogen (secondary N) is 1. The first-order valence-electron chi connectivity index (χ1n) is 8.88. The second-order valence-electron chi connectivity index (χ2n) is 6.62. The zero-order valence-electron chi connectivity index (χ0n) is 15.3. The Morgan fingerprint density at radius 2 is 2.07 bits per heavy atom. The van der Waals surface area contributed by atoms with Gasteiger partial charge in [-0.2, -0.15) is 5.26 Å². The molecule has 1 aliphatic rings. The van der Waals surface area contributed by atoms with Crippen LogP contribution in [-0.2, 0) is 20.9 Å². The summed E-state index contributed by atoms with van der Waals surface area (Å²) in [5.74, 6) is -1.59. The number of primary amides is 1. The van der Waals surface area contributed by atoms with Crippen LogP contribution in [0.1, 0.15) is 31.7 Å². The van der Waals surface area contributed by atoms with Crippen LogP contribution in [0.5, 0.6) is 0 Å². The van der Waals surface area contributed by atoms with E-state index in [1.54, 1.807) is 6.92 Å². The molecule has 144 valence electrons. The summed E-state index contributed by atoms with van der Waals surface area (Å²) in [4.78, 5) is 38.0. The van der Waals surface area contributed by atoms with Gasteiger partial charge in [-0.3, -0.25) is 14.5 Å². The maximum absolute atomic E-state index is 12.6. The van der Waals surface area contributed by atoms with Gasteiger partial charge < -0.3 is 15.8 Å². The summed E-state index contributed by atoms with van der Waals surface area (Å²) in [6.07, 6.45) is 0.649. The van der Waals surface area contributed by atoms with Crippen LogP contribution < -0.4 is 11.1 Å². The fourth-order valence-corrected chi connectivity index (χ4v) is 3.07. The van der Waals surface area contributed by atoms with Gasteiger partial charge in [-0.05, 0) is 24.3 Å². The van der Waals surface area contributed by atoms with Gasteiger partial charge >= 0.3 is 6.09 Å². The molecule has 3 amide bonds. The van der Waals surface area contributed by atoms with Gasteiger partial charge in [0.05, 0.1) is 6.07 Å². The maximum Gasteiger partial charge on any atom is 0.410 e. The quantitative estimate of drug-likeness (QED) is 0.746. The van der Waals surface area contributed by atoms with E-state index in [-0.39, 0.29) is 13.0 Å². The van der Waals surface area contributed by atoms with Crippen molar-refractivity contribution in [2.75, 3.05) is 6.54 Å². The molecule has 0 unspecified atom stereocenters. The molecule has 1 aromatic rings. The first-order valence-corrected chi connectivity index (χ1v) is 8.88. The van der Waals surface area contributed by atoms with Crippen LogP contribution >= 0.6 is 0 Å². The molecule has 0 bridgehead atoms. The number of nitrogens with zero attached hydrogens (tertiary/aromatic N) is 2. The van der Waals surface area contributed by atoms with E-state index in [1.165, 1.54) is 4.90 Å². The number of nitrogens with two attached hydrogens (primary N) is 1. The standard InChI is InChI=1S/C19H24N4O4/c1-13(9-10-20)16(17(21)24)22-18(25)15-8-5-11-23(15)19(26)27-12-14-6-3-2-4-7-14/h2-4,6-7,13,15-16H,5,8-9,11-12H2,1H3,(H2,21,24)(H,22,25)/t13-,15+,16-/m0/s1. The smallest absolute Gasteiger partial charge is 0.410 e. The Hall–Kier alpha value is -3.08. The molecule has 1 fully saturated rings. The molecule has 8 nitrogen and oxygen atoms in total. The van der Waals surface area contributed by atoms with Crippen molar-refractivity contribution in [2.24, 2.45) is 11.7 Å². The molecule has 3 atom stereocenters. The summed E-state index contributed by atoms with van der Waals surface area (Å²) in [7, 11) is 0. The number of likely N-dealkylation sites (tertiary alicyclic amines) is 1. The minimum atomic E-state index is -0.958. The predicted octanol–water partition coefficient (Wildman–Crippen LogP) is 1.31. The average molecular weight is 372 g/mol. The van der Waals surface area contributed by atoms with Crippen molar-refractivity contribution in [1.29, 1.82) is 5.26 Å². The highest BCUT2D eigenvalue weighted by molar-refractivity contribution is 5.91. The van der Waals surface area contributed by atoms with Crippen LogP contribution in [0.15, 0.2) is 30.3 Å². The van der Waals surface area contributed by atoms with E-state index in [0.717, 1.165) is 5.56 Å².